The van der Waals surface area contributed by atoms with Gasteiger partial charge in [-0.3, -0.25) is 4.21 Å². The van der Waals surface area contributed by atoms with Gasteiger partial charge >= 0.3 is 0 Å². The zero-order valence-electron chi connectivity index (χ0n) is 8.69. The molecule has 80 valence electrons. The maximum atomic E-state index is 10.8. The number of benzene rings is 1. The SMILES string of the molecule is C[S@](=O)CCNCc1cccc(C#N)c1. The first-order valence-corrected chi connectivity index (χ1v) is 6.45. The molecule has 0 fully saturated rings. The van der Waals surface area contributed by atoms with Crippen molar-refractivity contribution in [2.24, 2.45) is 0 Å². The highest BCUT2D eigenvalue weighted by atomic mass is 32.2. The Morgan fingerprint density at radius 2 is 2.33 bits per heavy atom. The third-order valence-corrected chi connectivity index (χ3v) is 2.73. The Morgan fingerprint density at radius 3 is 3.00 bits per heavy atom. The molecule has 0 unspecified atom stereocenters. The third kappa shape index (κ3) is 4.73. The molecular weight excluding hydrogens is 208 g/mol. The van der Waals surface area contributed by atoms with Gasteiger partial charge in [-0.2, -0.15) is 5.26 Å². The fourth-order valence-electron chi connectivity index (χ4n) is 1.20. The highest BCUT2D eigenvalue weighted by Crippen LogP contribution is 2.03. The van der Waals surface area contributed by atoms with E-state index < -0.39 is 10.8 Å². The highest BCUT2D eigenvalue weighted by molar-refractivity contribution is 7.84. The molecular formula is C11H14N2OS. The number of nitrogens with one attached hydrogen (secondary N) is 1. The summed E-state index contributed by atoms with van der Waals surface area (Å²) in [7, 11) is -0.744. The van der Waals surface area contributed by atoms with Crippen molar-refractivity contribution < 1.29 is 4.21 Å². The summed E-state index contributed by atoms with van der Waals surface area (Å²) in [6.45, 7) is 1.45. The van der Waals surface area contributed by atoms with Gasteiger partial charge in [0.1, 0.15) is 0 Å². The minimum absolute atomic E-state index is 0.665. The molecule has 4 heteroatoms. The monoisotopic (exact) mass is 222 g/mol. The zero-order valence-corrected chi connectivity index (χ0v) is 9.51. The Bertz CT molecular complexity index is 384. The van der Waals surface area contributed by atoms with Crippen LogP contribution < -0.4 is 5.32 Å². The van der Waals surface area contributed by atoms with E-state index in [0.29, 0.717) is 17.9 Å². The van der Waals surface area contributed by atoms with Crippen molar-refractivity contribution in [1.82, 2.24) is 5.32 Å². The number of hydrogen-bond acceptors (Lipinski definition) is 3. The molecule has 1 aromatic rings. The first-order valence-electron chi connectivity index (χ1n) is 4.72. The molecule has 0 bridgehead atoms. The summed E-state index contributed by atoms with van der Waals surface area (Å²) in [4.78, 5) is 0. The van der Waals surface area contributed by atoms with Crippen LogP contribution in [0.25, 0.3) is 0 Å². The molecule has 1 N–H and O–H groups in total. The molecule has 0 saturated carbocycles. The van der Waals surface area contributed by atoms with Crippen LogP contribution in [0.15, 0.2) is 24.3 Å². The lowest BCUT2D eigenvalue weighted by atomic mass is 10.1. The summed E-state index contributed by atoms with van der Waals surface area (Å²) in [5, 5.41) is 11.9. The molecule has 1 rings (SSSR count). The summed E-state index contributed by atoms with van der Waals surface area (Å²) in [5.41, 5.74) is 1.75. The van der Waals surface area contributed by atoms with Crippen molar-refractivity contribution in [3.63, 3.8) is 0 Å². The van der Waals surface area contributed by atoms with Crippen molar-refractivity contribution >= 4 is 10.8 Å². The molecule has 1 aromatic carbocycles. The van der Waals surface area contributed by atoms with Crippen molar-refractivity contribution in [2.75, 3.05) is 18.6 Å². The van der Waals surface area contributed by atoms with E-state index in [1.807, 2.05) is 18.2 Å². The van der Waals surface area contributed by atoms with Crippen molar-refractivity contribution in [3.05, 3.63) is 35.4 Å². The van der Waals surface area contributed by atoms with Gasteiger partial charge in [0.25, 0.3) is 0 Å². The largest absolute Gasteiger partial charge is 0.312 e. The molecule has 0 heterocycles. The number of hydrogen-bond donors (Lipinski definition) is 1. The number of nitrogens with zero attached hydrogens (tertiary/aromatic N) is 1. The minimum Gasteiger partial charge on any atom is -0.312 e. The Kier molecular flexibility index (Phi) is 5.02. The average Bonchev–Trinajstić information content (AvgIpc) is 2.24. The molecule has 0 aliphatic rings. The van der Waals surface area contributed by atoms with Gasteiger partial charge in [-0.25, -0.2) is 0 Å². The van der Waals surface area contributed by atoms with Crippen LogP contribution >= 0.6 is 0 Å². The first kappa shape index (κ1) is 11.9. The second-order valence-electron chi connectivity index (χ2n) is 3.27. The maximum absolute atomic E-state index is 10.8. The highest BCUT2D eigenvalue weighted by Gasteiger charge is 1.95. The van der Waals surface area contributed by atoms with Crippen LogP contribution in [0.3, 0.4) is 0 Å². The summed E-state index contributed by atoms with van der Waals surface area (Å²) in [6, 6.07) is 9.58. The molecule has 1 atom stereocenters. The lowest BCUT2D eigenvalue weighted by molar-refractivity contribution is 0.676. The molecule has 0 radical (unpaired) electrons. The fraction of sp³-hybridized carbons (Fsp3) is 0.364. The van der Waals surface area contributed by atoms with E-state index >= 15 is 0 Å². The van der Waals surface area contributed by atoms with Crippen LogP contribution in [0.4, 0.5) is 0 Å². The van der Waals surface area contributed by atoms with Crippen molar-refractivity contribution in [3.8, 4) is 6.07 Å². The normalized spacial score (nSPS) is 12.0. The van der Waals surface area contributed by atoms with E-state index in [0.717, 1.165) is 12.1 Å². The Balaban J connectivity index is 2.38. The van der Waals surface area contributed by atoms with E-state index in [9.17, 15) is 4.21 Å². The Hall–Kier alpha value is -1.18. The molecule has 0 aliphatic carbocycles. The fourth-order valence-corrected chi connectivity index (χ4v) is 1.63. The molecule has 0 aliphatic heterocycles. The van der Waals surface area contributed by atoms with E-state index in [-0.39, 0.29) is 0 Å². The predicted molar refractivity (Wildman–Crippen MR) is 61.8 cm³/mol. The van der Waals surface area contributed by atoms with Gasteiger partial charge in [-0.15, -0.1) is 0 Å². The quantitative estimate of drug-likeness (QED) is 0.757. The van der Waals surface area contributed by atoms with Crippen LogP contribution in [0.5, 0.6) is 0 Å². The van der Waals surface area contributed by atoms with Crippen LogP contribution in [0.2, 0.25) is 0 Å². The average molecular weight is 222 g/mol. The third-order valence-electron chi connectivity index (χ3n) is 1.95. The van der Waals surface area contributed by atoms with Crippen LogP contribution in [0, 0.1) is 11.3 Å². The van der Waals surface area contributed by atoms with Crippen LogP contribution in [-0.4, -0.2) is 22.8 Å². The molecule has 15 heavy (non-hydrogen) atoms. The zero-order chi connectivity index (χ0) is 11.1. The van der Waals surface area contributed by atoms with Gasteiger partial charge in [-0.1, -0.05) is 12.1 Å². The van der Waals surface area contributed by atoms with E-state index in [4.69, 9.17) is 5.26 Å². The second-order valence-corrected chi connectivity index (χ2v) is 4.82. The molecule has 0 spiro atoms. The van der Waals surface area contributed by atoms with E-state index in [1.165, 1.54) is 0 Å². The molecule has 0 amide bonds. The van der Waals surface area contributed by atoms with Gasteiger partial charge in [0.05, 0.1) is 11.6 Å². The Morgan fingerprint density at radius 1 is 1.53 bits per heavy atom. The summed E-state index contributed by atoms with van der Waals surface area (Å²) < 4.78 is 10.8. The summed E-state index contributed by atoms with van der Waals surface area (Å²) >= 11 is 0. The molecule has 0 saturated heterocycles. The number of rotatable bonds is 5. The smallest absolute Gasteiger partial charge is 0.0991 e. The second kappa shape index (κ2) is 6.33. The van der Waals surface area contributed by atoms with E-state index in [1.54, 1.807) is 12.3 Å². The Labute approximate surface area is 92.6 Å². The van der Waals surface area contributed by atoms with Crippen LogP contribution in [0.1, 0.15) is 11.1 Å². The van der Waals surface area contributed by atoms with Gasteiger partial charge in [0, 0.05) is 35.9 Å². The first-order chi connectivity index (χ1) is 7.22. The maximum Gasteiger partial charge on any atom is 0.0991 e. The van der Waals surface area contributed by atoms with Gasteiger partial charge in [0.15, 0.2) is 0 Å². The van der Waals surface area contributed by atoms with Gasteiger partial charge < -0.3 is 5.32 Å². The predicted octanol–water partition coefficient (Wildman–Crippen LogP) is 1.03. The topological polar surface area (TPSA) is 52.9 Å². The van der Waals surface area contributed by atoms with E-state index in [2.05, 4.69) is 11.4 Å². The van der Waals surface area contributed by atoms with Gasteiger partial charge in [-0.05, 0) is 17.7 Å². The van der Waals surface area contributed by atoms with Crippen molar-refractivity contribution in [2.45, 2.75) is 6.54 Å². The standard InChI is InChI=1S/C11H14N2OS/c1-15(14)6-5-13-9-11-4-2-3-10(7-11)8-12/h2-4,7,13H,5-6,9H2,1H3/t15-/m0/s1. The molecule has 3 nitrogen and oxygen atoms in total. The minimum atomic E-state index is -0.744. The number of nitriles is 1. The lowest BCUT2D eigenvalue weighted by Gasteiger charge is -2.03. The van der Waals surface area contributed by atoms with Crippen molar-refractivity contribution in [1.29, 1.82) is 5.26 Å². The molecule has 0 aromatic heterocycles. The summed E-state index contributed by atoms with van der Waals surface area (Å²) in [6.07, 6.45) is 1.69. The van der Waals surface area contributed by atoms with Crippen LogP contribution in [-0.2, 0) is 17.3 Å². The van der Waals surface area contributed by atoms with Gasteiger partial charge in [0.2, 0.25) is 0 Å². The summed E-state index contributed by atoms with van der Waals surface area (Å²) in [5.74, 6) is 0.665. The lowest BCUT2D eigenvalue weighted by Crippen LogP contribution is -2.19.